The number of carbonyl (C=O) groups is 3. The lowest BCUT2D eigenvalue weighted by molar-refractivity contribution is -0.117. The zero-order valence-corrected chi connectivity index (χ0v) is 29.1. The molecule has 10 nitrogen and oxygen atoms in total. The maximum Gasteiger partial charge on any atom is 0.256 e. The molecule has 0 aliphatic carbocycles. The number of ether oxygens (including phenoxy) is 2. The third-order valence-electron chi connectivity index (χ3n) is 9.29. The number of unbranched alkanes of at least 4 members (excludes halogenated alkanes) is 2. The van der Waals surface area contributed by atoms with Crippen LogP contribution in [0.2, 0.25) is 10.0 Å². The van der Waals surface area contributed by atoms with E-state index >= 15 is 0 Å². The van der Waals surface area contributed by atoms with Crippen molar-refractivity contribution in [2.75, 3.05) is 64.8 Å². The predicted octanol–water partition coefficient (Wildman–Crippen LogP) is 6.36. The summed E-state index contributed by atoms with van der Waals surface area (Å²) < 4.78 is 11.7. The van der Waals surface area contributed by atoms with Crippen LogP contribution in [0.25, 0.3) is 0 Å². The van der Waals surface area contributed by atoms with E-state index in [1.54, 1.807) is 55.6 Å². The van der Waals surface area contributed by atoms with Crippen LogP contribution in [-0.4, -0.2) is 104 Å². The number of nitrogens with zero attached hydrogens (tertiary/aromatic N) is 4. The number of hydrogen-bond acceptors (Lipinski definition) is 8. The number of hydrogen-bond donors (Lipinski definition) is 1. The Morgan fingerprint density at radius 2 is 1.71 bits per heavy atom. The van der Waals surface area contributed by atoms with Crippen LogP contribution < -0.4 is 14.8 Å². The monoisotopic (exact) mass is 705 g/mol. The third kappa shape index (κ3) is 8.44. The minimum Gasteiger partial charge on any atom is -0.493 e. The van der Waals surface area contributed by atoms with E-state index in [-0.39, 0.29) is 30.2 Å². The summed E-state index contributed by atoms with van der Waals surface area (Å²) >= 11 is 12.5. The van der Waals surface area contributed by atoms with Crippen molar-refractivity contribution in [3.05, 3.63) is 81.3 Å². The van der Waals surface area contributed by atoms with Crippen LogP contribution in [0.3, 0.4) is 0 Å². The van der Waals surface area contributed by atoms with Crippen LogP contribution in [0.5, 0.6) is 11.5 Å². The molecule has 258 valence electrons. The van der Waals surface area contributed by atoms with Crippen molar-refractivity contribution in [3.8, 4) is 11.5 Å². The maximum absolute atomic E-state index is 13.2. The lowest BCUT2D eigenvalue weighted by Gasteiger charge is -2.34. The normalized spacial score (nSPS) is 17.7. The Bertz CT molecular complexity index is 1730. The number of halogens is 2. The van der Waals surface area contributed by atoms with Gasteiger partial charge in [0, 0.05) is 61.2 Å². The zero-order chi connectivity index (χ0) is 34.3. The van der Waals surface area contributed by atoms with Gasteiger partial charge in [0.15, 0.2) is 17.3 Å². The first-order valence-electron chi connectivity index (χ1n) is 16.8. The summed E-state index contributed by atoms with van der Waals surface area (Å²) in [6.45, 7) is 5.84. The highest BCUT2D eigenvalue weighted by atomic mass is 35.5. The van der Waals surface area contributed by atoms with Crippen molar-refractivity contribution in [3.63, 3.8) is 0 Å². The molecule has 3 aliphatic rings. The lowest BCUT2D eigenvalue weighted by atomic mass is 10.0. The standard InChI is InChI=1S/C37H41Cl2N5O5/c1-48-33-21-29-32(40-23-26-8-7-14-44(26)37(29)47)22-34(33)49-19-6-2-5-13-42-15-17-43(18-16-42)24-35(45)41-31-12-11-25(38)20-28(31)36(46)27-9-3-4-10-30(27)39/h3-4,9-12,20-23,26H,2,5-8,13-19,24H2,1H3,(H,41,45)/t26-/m0/s1. The average Bonchev–Trinajstić information content (AvgIpc) is 3.54. The number of nitrogens with one attached hydrogen (secondary N) is 1. The fourth-order valence-corrected chi connectivity index (χ4v) is 6.98. The topological polar surface area (TPSA) is 104 Å². The average molecular weight is 707 g/mol. The number of fused-ring (bicyclic) bond motifs is 2. The second kappa shape index (κ2) is 16.2. The van der Waals surface area contributed by atoms with Crippen LogP contribution in [-0.2, 0) is 4.79 Å². The van der Waals surface area contributed by atoms with E-state index in [2.05, 4.69) is 20.1 Å². The lowest BCUT2D eigenvalue weighted by Crippen LogP contribution is -2.48. The molecular weight excluding hydrogens is 665 g/mol. The van der Waals surface area contributed by atoms with Crippen molar-refractivity contribution < 1.29 is 23.9 Å². The molecule has 49 heavy (non-hydrogen) atoms. The Hall–Kier alpha value is -3.96. The number of methoxy groups -OCH3 is 1. The highest BCUT2D eigenvalue weighted by Crippen LogP contribution is 2.38. The molecule has 0 unspecified atom stereocenters. The van der Waals surface area contributed by atoms with Gasteiger partial charge in [0.1, 0.15) is 0 Å². The molecule has 2 amide bonds. The molecule has 0 bridgehead atoms. The van der Waals surface area contributed by atoms with Gasteiger partial charge in [-0.2, -0.15) is 0 Å². The second-order valence-corrected chi connectivity index (χ2v) is 13.4. The summed E-state index contributed by atoms with van der Waals surface area (Å²) in [5.74, 6) is 0.663. The van der Waals surface area contributed by atoms with E-state index in [0.717, 1.165) is 71.4 Å². The van der Waals surface area contributed by atoms with Crippen LogP contribution in [0.1, 0.15) is 58.4 Å². The molecule has 2 fully saturated rings. The fourth-order valence-electron chi connectivity index (χ4n) is 6.58. The van der Waals surface area contributed by atoms with E-state index in [1.165, 1.54) is 0 Å². The van der Waals surface area contributed by atoms with Crippen LogP contribution in [0.4, 0.5) is 11.4 Å². The van der Waals surface area contributed by atoms with E-state index < -0.39 is 0 Å². The Kier molecular flexibility index (Phi) is 11.5. The molecule has 0 spiro atoms. The first-order chi connectivity index (χ1) is 23.8. The first-order valence-corrected chi connectivity index (χ1v) is 17.6. The highest BCUT2D eigenvalue weighted by molar-refractivity contribution is 6.36. The molecule has 0 radical (unpaired) electrons. The van der Waals surface area contributed by atoms with Gasteiger partial charge >= 0.3 is 0 Å². The number of ketones is 1. The number of anilines is 1. The number of aliphatic imine (C=N–C) groups is 1. The van der Waals surface area contributed by atoms with E-state index in [9.17, 15) is 14.4 Å². The van der Waals surface area contributed by atoms with Gasteiger partial charge in [-0.25, -0.2) is 0 Å². The van der Waals surface area contributed by atoms with E-state index in [1.807, 2.05) is 17.2 Å². The second-order valence-electron chi connectivity index (χ2n) is 12.6. The van der Waals surface area contributed by atoms with Gasteiger partial charge in [-0.1, -0.05) is 35.3 Å². The molecule has 3 aliphatic heterocycles. The summed E-state index contributed by atoms with van der Waals surface area (Å²) in [4.78, 5) is 50.4. The quantitative estimate of drug-likeness (QED) is 0.163. The number of carbonyl (C=O) groups excluding carboxylic acids is 3. The Labute approximate surface area is 297 Å². The van der Waals surface area contributed by atoms with Crippen molar-refractivity contribution in [2.24, 2.45) is 4.99 Å². The molecule has 3 aromatic rings. The van der Waals surface area contributed by atoms with Crippen molar-refractivity contribution in [1.82, 2.24) is 14.7 Å². The van der Waals surface area contributed by atoms with Crippen LogP contribution in [0, 0.1) is 0 Å². The summed E-state index contributed by atoms with van der Waals surface area (Å²) in [5.41, 5.74) is 2.25. The fraction of sp³-hybridized carbons (Fsp3) is 0.405. The number of amides is 2. The van der Waals surface area contributed by atoms with Gasteiger partial charge in [-0.15, -0.1) is 0 Å². The number of rotatable bonds is 13. The number of piperazine rings is 1. The van der Waals surface area contributed by atoms with Crippen molar-refractivity contribution in [2.45, 2.75) is 38.1 Å². The zero-order valence-electron chi connectivity index (χ0n) is 27.6. The minimum absolute atomic E-state index is 0.00111. The van der Waals surface area contributed by atoms with Gasteiger partial charge in [0.2, 0.25) is 5.91 Å². The Morgan fingerprint density at radius 1 is 0.918 bits per heavy atom. The predicted molar refractivity (Wildman–Crippen MR) is 192 cm³/mol. The Balaban J connectivity index is 0.911. The molecule has 6 rings (SSSR count). The molecular formula is C37H41Cl2N5O5. The molecule has 1 N–H and O–H groups in total. The molecule has 1 atom stereocenters. The van der Waals surface area contributed by atoms with Gasteiger partial charge in [-0.3, -0.25) is 24.3 Å². The third-order valence-corrected chi connectivity index (χ3v) is 9.85. The summed E-state index contributed by atoms with van der Waals surface area (Å²) in [7, 11) is 1.59. The minimum atomic E-state index is -0.301. The van der Waals surface area contributed by atoms with Gasteiger partial charge < -0.3 is 24.6 Å². The van der Waals surface area contributed by atoms with Crippen molar-refractivity contribution >= 4 is 58.4 Å². The highest BCUT2D eigenvalue weighted by Gasteiger charge is 2.32. The molecule has 2 saturated heterocycles. The van der Waals surface area contributed by atoms with Gasteiger partial charge in [-0.05, 0) is 75.0 Å². The smallest absolute Gasteiger partial charge is 0.256 e. The van der Waals surface area contributed by atoms with Crippen LogP contribution >= 0.6 is 23.2 Å². The molecule has 3 aromatic carbocycles. The molecule has 0 saturated carbocycles. The molecule has 0 aromatic heterocycles. The largest absolute Gasteiger partial charge is 0.493 e. The van der Waals surface area contributed by atoms with Crippen LogP contribution in [0.15, 0.2) is 59.6 Å². The van der Waals surface area contributed by atoms with Gasteiger partial charge in [0.05, 0.1) is 48.3 Å². The number of benzene rings is 3. The summed E-state index contributed by atoms with van der Waals surface area (Å²) in [5, 5.41) is 3.65. The first kappa shape index (κ1) is 34.9. The van der Waals surface area contributed by atoms with E-state index in [4.69, 9.17) is 32.7 Å². The summed E-state index contributed by atoms with van der Waals surface area (Å²) in [6.07, 6.45) is 6.77. The SMILES string of the molecule is COc1cc2c(cc1OCCCCCN1CCN(CC(=O)Nc3ccc(Cl)cc3C(=O)c3ccccc3Cl)CC1)N=C[C@@H]1CCCN1C2=O. The maximum atomic E-state index is 13.2. The molecule has 3 heterocycles. The van der Waals surface area contributed by atoms with E-state index in [0.29, 0.717) is 56.2 Å². The van der Waals surface area contributed by atoms with Gasteiger partial charge in [0.25, 0.3) is 5.91 Å². The summed E-state index contributed by atoms with van der Waals surface area (Å²) in [6, 6.07) is 15.3. The van der Waals surface area contributed by atoms with Crippen molar-refractivity contribution in [1.29, 1.82) is 0 Å². The Morgan fingerprint density at radius 3 is 2.51 bits per heavy atom. The molecule has 12 heteroatoms.